The second kappa shape index (κ2) is 9.40. The van der Waals surface area contributed by atoms with E-state index in [0.717, 1.165) is 16.3 Å². The van der Waals surface area contributed by atoms with Crippen molar-refractivity contribution in [3.05, 3.63) is 66.4 Å². The molecular formula is C26H28N4O3. The minimum absolute atomic E-state index is 0.150. The standard InChI is InChI=1S/C26H28N4O3/c1-4-22(31)29-23(16(2)3)26(33)30-21(15-18-11-8-14-27-24(18)30)25(32)28-20-13-7-10-17-9-5-6-12-19(17)20/h5-14,16,21,23H,4,15H2,1-3H3,(H,28,32)(H,29,31). The fourth-order valence-corrected chi connectivity index (χ4v) is 4.21. The van der Waals surface area contributed by atoms with Crippen molar-refractivity contribution in [1.82, 2.24) is 10.3 Å². The maximum atomic E-state index is 13.7. The van der Waals surface area contributed by atoms with Gasteiger partial charge in [0.05, 0.1) is 0 Å². The van der Waals surface area contributed by atoms with E-state index in [9.17, 15) is 14.4 Å². The highest BCUT2D eigenvalue weighted by Crippen LogP contribution is 2.32. The number of carbonyl (C=O) groups excluding carboxylic acids is 3. The van der Waals surface area contributed by atoms with Gasteiger partial charge in [0.2, 0.25) is 11.8 Å². The Morgan fingerprint density at radius 2 is 1.82 bits per heavy atom. The number of hydrogen-bond acceptors (Lipinski definition) is 4. The molecule has 0 spiro atoms. The number of amides is 3. The summed E-state index contributed by atoms with van der Waals surface area (Å²) in [5.41, 5.74) is 1.52. The molecule has 2 N–H and O–H groups in total. The number of benzene rings is 2. The van der Waals surface area contributed by atoms with Gasteiger partial charge in [-0.1, -0.05) is 63.2 Å². The monoisotopic (exact) mass is 444 g/mol. The van der Waals surface area contributed by atoms with Crippen LogP contribution in [0.25, 0.3) is 10.8 Å². The molecule has 7 heteroatoms. The van der Waals surface area contributed by atoms with Crippen LogP contribution in [0.3, 0.4) is 0 Å². The Morgan fingerprint density at radius 1 is 1.06 bits per heavy atom. The molecule has 4 rings (SSSR count). The predicted molar refractivity (Wildman–Crippen MR) is 129 cm³/mol. The molecule has 3 aromatic rings. The lowest BCUT2D eigenvalue weighted by molar-refractivity contribution is -0.129. The van der Waals surface area contributed by atoms with E-state index in [0.29, 0.717) is 17.9 Å². The third-order valence-electron chi connectivity index (χ3n) is 5.98. The van der Waals surface area contributed by atoms with Gasteiger partial charge in [-0.3, -0.25) is 19.3 Å². The number of nitrogens with zero attached hydrogens (tertiary/aromatic N) is 2. The van der Waals surface area contributed by atoms with Crippen molar-refractivity contribution in [3.8, 4) is 0 Å². The summed E-state index contributed by atoms with van der Waals surface area (Å²) in [4.78, 5) is 45.1. The van der Waals surface area contributed by atoms with Crippen LogP contribution in [0.2, 0.25) is 0 Å². The third kappa shape index (κ3) is 4.44. The Kier molecular flexibility index (Phi) is 6.40. The van der Waals surface area contributed by atoms with Gasteiger partial charge in [-0.15, -0.1) is 0 Å². The summed E-state index contributed by atoms with van der Waals surface area (Å²) >= 11 is 0. The van der Waals surface area contributed by atoms with E-state index in [-0.39, 0.29) is 30.1 Å². The first kappa shape index (κ1) is 22.5. The van der Waals surface area contributed by atoms with Crippen LogP contribution in [0.4, 0.5) is 11.5 Å². The van der Waals surface area contributed by atoms with Crippen LogP contribution in [-0.4, -0.2) is 34.8 Å². The summed E-state index contributed by atoms with van der Waals surface area (Å²) in [6.45, 7) is 5.49. The zero-order valence-corrected chi connectivity index (χ0v) is 19.0. The van der Waals surface area contributed by atoms with E-state index < -0.39 is 12.1 Å². The van der Waals surface area contributed by atoms with Crippen molar-refractivity contribution in [2.75, 3.05) is 10.2 Å². The Labute approximate surface area is 193 Å². The zero-order valence-electron chi connectivity index (χ0n) is 19.0. The molecule has 170 valence electrons. The summed E-state index contributed by atoms with van der Waals surface area (Å²) < 4.78 is 0. The minimum Gasteiger partial charge on any atom is -0.344 e. The summed E-state index contributed by atoms with van der Waals surface area (Å²) in [6, 6.07) is 15.7. The molecule has 0 bridgehead atoms. The first-order chi connectivity index (χ1) is 15.9. The molecule has 1 aromatic heterocycles. The van der Waals surface area contributed by atoms with Crippen LogP contribution >= 0.6 is 0 Å². The van der Waals surface area contributed by atoms with Crippen molar-refractivity contribution in [1.29, 1.82) is 0 Å². The summed E-state index contributed by atoms with van der Waals surface area (Å²) in [5, 5.41) is 7.78. The molecule has 2 heterocycles. The average molecular weight is 445 g/mol. The summed E-state index contributed by atoms with van der Waals surface area (Å²) in [6.07, 6.45) is 2.24. The molecule has 0 saturated heterocycles. The molecule has 0 radical (unpaired) electrons. The van der Waals surface area contributed by atoms with Gasteiger partial charge in [0, 0.05) is 30.1 Å². The number of fused-ring (bicyclic) bond motifs is 2. The number of anilines is 2. The van der Waals surface area contributed by atoms with Gasteiger partial charge < -0.3 is 10.6 Å². The smallest absolute Gasteiger partial charge is 0.251 e. The SMILES string of the molecule is CCC(=O)NC(C(=O)N1c2ncccc2CC1C(=O)Nc1cccc2ccccc12)C(C)C. The molecule has 1 aliphatic rings. The van der Waals surface area contributed by atoms with Crippen LogP contribution in [0.1, 0.15) is 32.8 Å². The number of nitrogens with one attached hydrogen (secondary N) is 2. The molecule has 33 heavy (non-hydrogen) atoms. The quantitative estimate of drug-likeness (QED) is 0.607. The predicted octanol–water partition coefficient (Wildman–Crippen LogP) is 3.68. The van der Waals surface area contributed by atoms with Crippen molar-refractivity contribution in [2.24, 2.45) is 5.92 Å². The highest BCUT2D eigenvalue weighted by atomic mass is 16.2. The largest absolute Gasteiger partial charge is 0.344 e. The third-order valence-corrected chi connectivity index (χ3v) is 5.98. The molecule has 2 aromatic carbocycles. The van der Waals surface area contributed by atoms with Gasteiger partial charge in [-0.05, 0) is 29.0 Å². The maximum Gasteiger partial charge on any atom is 0.251 e. The van der Waals surface area contributed by atoms with E-state index in [1.165, 1.54) is 4.90 Å². The van der Waals surface area contributed by atoms with E-state index in [2.05, 4.69) is 15.6 Å². The Balaban J connectivity index is 1.67. The molecule has 1 aliphatic heterocycles. The molecule has 2 atom stereocenters. The number of rotatable bonds is 6. The van der Waals surface area contributed by atoms with Gasteiger partial charge in [0.15, 0.2) is 0 Å². The van der Waals surface area contributed by atoms with Gasteiger partial charge in [-0.25, -0.2) is 4.98 Å². The molecule has 7 nitrogen and oxygen atoms in total. The second-order valence-corrected chi connectivity index (χ2v) is 8.57. The summed E-state index contributed by atoms with van der Waals surface area (Å²) in [7, 11) is 0. The normalized spacial score (nSPS) is 15.9. The van der Waals surface area contributed by atoms with E-state index in [1.54, 1.807) is 19.2 Å². The maximum absolute atomic E-state index is 13.7. The summed E-state index contributed by atoms with van der Waals surface area (Å²) in [5.74, 6) is -0.511. The number of carbonyl (C=O) groups is 3. The second-order valence-electron chi connectivity index (χ2n) is 8.57. The van der Waals surface area contributed by atoms with Gasteiger partial charge >= 0.3 is 0 Å². The molecular weight excluding hydrogens is 416 g/mol. The molecule has 0 aliphatic carbocycles. The average Bonchev–Trinajstić information content (AvgIpc) is 3.22. The van der Waals surface area contributed by atoms with Crippen LogP contribution in [0.5, 0.6) is 0 Å². The molecule has 0 saturated carbocycles. The lowest BCUT2D eigenvalue weighted by Gasteiger charge is -2.30. The van der Waals surface area contributed by atoms with Crippen molar-refractivity contribution < 1.29 is 14.4 Å². The number of aromatic nitrogens is 1. The number of hydrogen-bond donors (Lipinski definition) is 2. The van der Waals surface area contributed by atoms with E-state index in [4.69, 9.17) is 0 Å². The topological polar surface area (TPSA) is 91.4 Å². The first-order valence-electron chi connectivity index (χ1n) is 11.3. The van der Waals surface area contributed by atoms with Crippen LogP contribution in [0.15, 0.2) is 60.8 Å². The highest BCUT2D eigenvalue weighted by molar-refractivity contribution is 6.11. The Bertz CT molecular complexity index is 1200. The molecule has 0 fully saturated rings. The Hall–Kier alpha value is -3.74. The first-order valence-corrected chi connectivity index (χ1v) is 11.3. The zero-order chi connectivity index (χ0) is 23.5. The van der Waals surface area contributed by atoms with Crippen molar-refractivity contribution in [2.45, 2.75) is 45.7 Å². The lowest BCUT2D eigenvalue weighted by Crippen LogP contribution is -2.55. The Morgan fingerprint density at radius 3 is 2.58 bits per heavy atom. The van der Waals surface area contributed by atoms with Gasteiger partial charge in [-0.2, -0.15) is 0 Å². The minimum atomic E-state index is -0.763. The van der Waals surface area contributed by atoms with Gasteiger partial charge in [0.1, 0.15) is 17.9 Å². The fraction of sp³-hybridized carbons (Fsp3) is 0.308. The lowest BCUT2D eigenvalue weighted by atomic mass is 10.0. The van der Waals surface area contributed by atoms with Crippen molar-refractivity contribution in [3.63, 3.8) is 0 Å². The van der Waals surface area contributed by atoms with E-state index >= 15 is 0 Å². The highest BCUT2D eigenvalue weighted by Gasteiger charge is 2.42. The number of pyridine rings is 1. The molecule has 3 amide bonds. The van der Waals surface area contributed by atoms with Crippen LogP contribution < -0.4 is 15.5 Å². The van der Waals surface area contributed by atoms with Crippen LogP contribution in [0, 0.1) is 5.92 Å². The van der Waals surface area contributed by atoms with Crippen LogP contribution in [-0.2, 0) is 20.8 Å². The van der Waals surface area contributed by atoms with Gasteiger partial charge in [0.25, 0.3) is 5.91 Å². The fourth-order valence-electron chi connectivity index (χ4n) is 4.21. The molecule has 2 unspecified atom stereocenters. The van der Waals surface area contributed by atoms with Crippen molar-refractivity contribution >= 4 is 40.0 Å². The van der Waals surface area contributed by atoms with E-state index in [1.807, 2.05) is 62.4 Å².